The fraction of sp³-hybridized carbons (Fsp3) is 0.214. The van der Waals surface area contributed by atoms with Crippen LogP contribution in [0.25, 0.3) is 11.1 Å². The van der Waals surface area contributed by atoms with Crippen LogP contribution in [0.3, 0.4) is 0 Å². The van der Waals surface area contributed by atoms with Crippen LogP contribution in [0.5, 0.6) is 0 Å². The lowest BCUT2D eigenvalue weighted by Gasteiger charge is -1.95. The number of furan rings is 1. The van der Waals surface area contributed by atoms with Crippen molar-refractivity contribution in [2.75, 3.05) is 5.73 Å². The molecule has 0 saturated carbocycles. The van der Waals surface area contributed by atoms with Crippen LogP contribution in [0.4, 0.5) is 5.69 Å². The second kappa shape index (κ2) is 4.22. The molecule has 0 saturated heterocycles. The number of nitrogens with zero attached hydrogens (tertiary/aromatic N) is 1. The molecule has 2 heterocycles. The zero-order valence-corrected chi connectivity index (χ0v) is 10.1. The quantitative estimate of drug-likeness (QED) is 0.717. The van der Waals surface area contributed by atoms with Crippen molar-refractivity contribution in [2.45, 2.75) is 19.8 Å². The lowest BCUT2D eigenvalue weighted by Crippen LogP contribution is -1.88. The number of rotatable bonds is 3. The summed E-state index contributed by atoms with van der Waals surface area (Å²) in [6, 6.07) is 7.69. The molecule has 1 aromatic carbocycles. The van der Waals surface area contributed by atoms with Gasteiger partial charge in [-0.1, -0.05) is 0 Å². The molecular weight excluding hydrogens is 228 g/mol. The Morgan fingerprint density at radius 3 is 2.94 bits per heavy atom. The zero-order chi connectivity index (χ0) is 12.5. The van der Waals surface area contributed by atoms with Crippen molar-refractivity contribution >= 4 is 16.8 Å². The van der Waals surface area contributed by atoms with Gasteiger partial charge in [-0.3, -0.25) is 0 Å². The molecule has 0 fully saturated rings. The average Bonchev–Trinajstić information content (AvgIpc) is 2.93. The third-order valence-corrected chi connectivity index (χ3v) is 2.87. The fourth-order valence-corrected chi connectivity index (χ4v) is 2.04. The molecule has 2 aromatic heterocycles. The van der Waals surface area contributed by atoms with E-state index in [1.165, 1.54) is 0 Å². The van der Waals surface area contributed by atoms with Gasteiger partial charge < -0.3 is 14.6 Å². The van der Waals surface area contributed by atoms with E-state index in [1.54, 1.807) is 6.26 Å². The maximum atomic E-state index is 5.91. The van der Waals surface area contributed by atoms with Crippen LogP contribution in [0, 0.1) is 6.92 Å². The minimum Gasteiger partial charge on any atom is -0.469 e. The van der Waals surface area contributed by atoms with Gasteiger partial charge >= 0.3 is 0 Å². The number of fused-ring (bicyclic) bond motifs is 1. The third kappa shape index (κ3) is 1.97. The van der Waals surface area contributed by atoms with Crippen molar-refractivity contribution in [3.05, 3.63) is 47.7 Å². The Labute approximate surface area is 104 Å². The highest BCUT2D eigenvalue weighted by atomic mass is 16.3. The van der Waals surface area contributed by atoms with Gasteiger partial charge in [0.25, 0.3) is 0 Å². The molecule has 0 atom stereocenters. The highest BCUT2D eigenvalue weighted by molar-refractivity contribution is 5.85. The van der Waals surface area contributed by atoms with Crippen LogP contribution in [0.1, 0.15) is 17.2 Å². The standard InChI is InChI=1S/C14H14N2O2/c1-9-7-11(15)14-12(8-9)16-13(18-14)5-4-10-3-2-6-17-10/h2-3,6-8H,4-5,15H2,1H3. The summed E-state index contributed by atoms with van der Waals surface area (Å²) in [6.07, 6.45) is 3.15. The summed E-state index contributed by atoms with van der Waals surface area (Å²) in [6.45, 7) is 1.99. The van der Waals surface area contributed by atoms with Crippen LogP contribution in [-0.2, 0) is 12.8 Å². The summed E-state index contributed by atoms with van der Waals surface area (Å²) in [7, 11) is 0. The molecule has 18 heavy (non-hydrogen) atoms. The number of nitrogen functional groups attached to an aromatic ring is 1. The second-order valence-corrected chi connectivity index (χ2v) is 4.39. The molecule has 3 aromatic rings. The molecule has 0 amide bonds. The van der Waals surface area contributed by atoms with Gasteiger partial charge in [0.1, 0.15) is 11.3 Å². The molecule has 0 aliphatic carbocycles. The number of aryl methyl sites for hydroxylation is 3. The van der Waals surface area contributed by atoms with E-state index >= 15 is 0 Å². The Kier molecular flexibility index (Phi) is 2.55. The maximum Gasteiger partial charge on any atom is 0.196 e. The largest absolute Gasteiger partial charge is 0.469 e. The predicted octanol–water partition coefficient (Wildman–Crippen LogP) is 3.10. The molecule has 4 heteroatoms. The summed E-state index contributed by atoms with van der Waals surface area (Å²) in [5.74, 6) is 1.63. The van der Waals surface area contributed by atoms with Gasteiger partial charge in [0, 0.05) is 12.8 Å². The van der Waals surface area contributed by atoms with Gasteiger partial charge in [0.05, 0.1) is 12.0 Å². The summed E-state index contributed by atoms with van der Waals surface area (Å²) in [5.41, 5.74) is 9.14. The Morgan fingerprint density at radius 1 is 1.28 bits per heavy atom. The first-order valence-corrected chi connectivity index (χ1v) is 5.90. The fourth-order valence-electron chi connectivity index (χ4n) is 2.04. The highest BCUT2D eigenvalue weighted by Crippen LogP contribution is 2.24. The minimum absolute atomic E-state index is 0.641. The molecule has 0 bridgehead atoms. The monoisotopic (exact) mass is 242 g/mol. The number of hydrogen-bond donors (Lipinski definition) is 1. The first-order chi connectivity index (χ1) is 8.72. The van der Waals surface area contributed by atoms with Crippen LogP contribution in [0.2, 0.25) is 0 Å². The number of nitrogens with two attached hydrogens (primary N) is 1. The van der Waals surface area contributed by atoms with Gasteiger partial charge in [0.2, 0.25) is 0 Å². The number of aromatic nitrogens is 1. The molecular formula is C14H14N2O2. The molecule has 4 nitrogen and oxygen atoms in total. The van der Waals surface area contributed by atoms with Gasteiger partial charge in [-0.05, 0) is 36.8 Å². The van der Waals surface area contributed by atoms with Crippen molar-refractivity contribution in [2.24, 2.45) is 0 Å². The van der Waals surface area contributed by atoms with Gasteiger partial charge in [0.15, 0.2) is 11.5 Å². The van der Waals surface area contributed by atoms with E-state index in [2.05, 4.69) is 4.98 Å². The van der Waals surface area contributed by atoms with Crippen LogP contribution < -0.4 is 5.73 Å². The zero-order valence-electron chi connectivity index (χ0n) is 10.1. The van der Waals surface area contributed by atoms with Crippen molar-refractivity contribution in [3.8, 4) is 0 Å². The smallest absolute Gasteiger partial charge is 0.196 e. The van der Waals surface area contributed by atoms with E-state index in [4.69, 9.17) is 14.6 Å². The number of anilines is 1. The van der Waals surface area contributed by atoms with E-state index in [0.29, 0.717) is 23.6 Å². The Hall–Kier alpha value is -2.23. The molecule has 0 radical (unpaired) electrons. The van der Waals surface area contributed by atoms with E-state index in [9.17, 15) is 0 Å². The Balaban J connectivity index is 1.87. The molecule has 2 N–H and O–H groups in total. The van der Waals surface area contributed by atoms with Gasteiger partial charge in [-0.25, -0.2) is 4.98 Å². The van der Waals surface area contributed by atoms with Gasteiger partial charge in [-0.2, -0.15) is 0 Å². The minimum atomic E-state index is 0.641. The summed E-state index contributed by atoms with van der Waals surface area (Å²) < 4.78 is 11.0. The second-order valence-electron chi connectivity index (χ2n) is 4.39. The van der Waals surface area contributed by atoms with Gasteiger partial charge in [-0.15, -0.1) is 0 Å². The van der Waals surface area contributed by atoms with E-state index in [-0.39, 0.29) is 0 Å². The number of hydrogen-bond acceptors (Lipinski definition) is 4. The first kappa shape index (κ1) is 10.9. The Bertz CT molecular complexity index is 668. The topological polar surface area (TPSA) is 65.2 Å². The van der Waals surface area contributed by atoms with Crippen molar-refractivity contribution < 1.29 is 8.83 Å². The lowest BCUT2D eigenvalue weighted by atomic mass is 10.2. The summed E-state index contributed by atoms with van der Waals surface area (Å²) >= 11 is 0. The third-order valence-electron chi connectivity index (χ3n) is 2.87. The molecule has 0 aliphatic heterocycles. The van der Waals surface area contributed by atoms with E-state index in [1.807, 2.05) is 31.2 Å². The normalized spacial score (nSPS) is 11.2. The van der Waals surface area contributed by atoms with Crippen molar-refractivity contribution in [1.82, 2.24) is 4.98 Å². The highest BCUT2D eigenvalue weighted by Gasteiger charge is 2.09. The molecule has 92 valence electrons. The maximum absolute atomic E-state index is 5.91. The SMILES string of the molecule is Cc1cc(N)c2oc(CCc3ccco3)nc2c1. The lowest BCUT2D eigenvalue weighted by molar-refractivity contribution is 0.480. The molecule has 3 rings (SSSR count). The first-order valence-electron chi connectivity index (χ1n) is 5.90. The summed E-state index contributed by atoms with van der Waals surface area (Å²) in [5, 5.41) is 0. The van der Waals surface area contributed by atoms with Crippen LogP contribution >= 0.6 is 0 Å². The van der Waals surface area contributed by atoms with Crippen LogP contribution in [0.15, 0.2) is 39.4 Å². The Morgan fingerprint density at radius 2 is 2.17 bits per heavy atom. The van der Waals surface area contributed by atoms with Crippen molar-refractivity contribution in [3.63, 3.8) is 0 Å². The molecule has 0 unspecified atom stereocenters. The average molecular weight is 242 g/mol. The van der Waals surface area contributed by atoms with E-state index in [0.717, 1.165) is 23.3 Å². The predicted molar refractivity (Wildman–Crippen MR) is 69.3 cm³/mol. The van der Waals surface area contributed by atoms with Crippen molar-refractivity contribution in [1.29, 1.82) is 0 Å². The van der Waals surface area contributed by atoms with Crippen LogP contribution in [-0.4, -0.2) is 4.98 Å². The molecule has 0 aliphatic rings. The molecule has 0 spiro atoms. The van der Waals surface area contributed by atoms with E-state index < -0.39 is 0 Å². The number of benzene rings is 1. The summed E-state index contributed by atoms with van der Waals surface area (Å²) in [4.78, 5) is 4.45. The number of oxazole rings is 1.